The summed E-state index contributed by atoms with van der Waals surface area (Å²) < 4.78 is 0. The highest BCUT2D eigenvalue weighted by molar-refractivity contribution is 7.12. The quantitative estimate of drug-likeness (QED) is 0.797. The summed E-state index contributed by atoms with van der Waals surface area (Å²) in [6, 6.07) is 12.6. The molecular weight excluding hydrogens is 190 g/mol. The summed E-state index contributed by atoms with van der Waals surface area (Å²) in [6.45, 7) is 2.75. The first-order valence-electron chi connectivity index (χ1n) is 4.66. The first-order valence-corrected chi connectivity index (χ1v) is 5.47. The topological polar surface area (TPSA) is 26.0 Å². The van der Waals surface area contributed by atoms with E-state index < -0.39 is 0 Å². The van der Waals surface area contributed by atoms with E-state index in [9.17, 15) is 0 Å². The van der Waals surface area contributed by atoms with Crippen LogP contribution in [0.25, 0.3) is 11.1 Å². The molecule has 1 heterocycles. The van der Waals surface area contributed by atoms with Crippen molar-refractivity contribution in [2.24, 2.45) is 5.73 Å². The van der Waals surface area contributed by atoms with Gasteiger partial charge < -0.3 is 5.73 Å². The Morgan fingerprint density at radius 2 is 1.93 bits per heavy atom. The lowest BCUT2D eigenvalue weighted by molar-refractivity contribution is 1.11. The average Bonchev–Trinajstić information content (AvgIpc) is 2.61. The summed E-state index contributed by atoms with van der Waals surface area (Å²) in [6.07, 6.45) is 0. The van der Waals surface area contributed by atoms with Gasteiger partial charge in [-0.15, -0.1) is 11.3 Å². The van der Waals surface area contributed by atoms with Gasteiger partial charge in [-0.1, -0.05) is 30.3 Å². The Bertz CT molecular complexity index is 417. The maximum Gasteiger partial charge on any atom is 0.0280 e. The molecule has 0 fully saturated rings. The number of hydrogen-bond donors (Lipinski definition) is 1. The van der Waals surface area contributed by atoms with E-state index in [1.807, 2.05) is 6.07 Å². The molecule has 2 N–H and O–H groups in total. The Morgan fingerprint density at radius 1 is 1.21 bits per heavy atom. The lowest BCUT2D eigenvalue weighted by Crippen LogP contribution is -1.94. The van der Waals surface area contributed by atoms with Crippen molar-refractivity contribution in [2.75, 3.05) is 0 Å². The van der Waals surface area contributed by atoms with E-state index in [-0.39, 0.29) is 0 Å². The third kappa shape index (κ3) is 1.72. The molecule has 0 saturated heterocycles. The summed E-state index contributed by atoms with van der Waals surface area (Å²) in [5.74, 6) is 0. The van der Waals surface area contributed by atoms with Crippen molar-refractivity contribution >= 4 is 11.3 Å². The fourth-order valence-corrected chi connectivity index (χ4v) is 2.51. The molecule has 0 saturated carbocycles. The molecule has 72 valence electrons. The van der Waals surface area contributed by atoms with Crippen molar-refractivity contribution in [3.63, 3.8) is 0 Å². The van der Waals surface area contributed by atoms with Crippen molar-refractivity contribution in [2.45, 2.75) is 13.5 Å². The molecule has 0 amide bonds. The molecule has 2 rings (SSSR count). The Morgan fingerprint density at radius 3 is 2.57 bits per heavy atom. The zero-order valence-electron chi connectivity index (χ0n) is 8.16. The molecule has 1 nitrogen and oxygen atoms in total. The minimum absolute atomic E-state index is 0.628. The van der Waals surface area contributed by atoms with Crippen LogP contribution in [0.2, 0.25) is 0 Å². The Kier molecular flexibility index (Phi) is 2.66. The molecule has 2 heteroatoms. The number of benzene rings is 1. The fraction of sp³-hybridized carbons (Fsp3) is 0.167. The molecule has 0 aliphatic heterocycles. The fourth-order valence-electron chi connectivity index (χ4n) is 1.58. The molecule has 1 aromatic carbocycles. The van der Waals surface area contributed by atoms with Gasteiger partial charge in [0.2, 0.25) is 0 Å². The van der Waals surface area contributed by atoms with Crippen LogP contribution in [0.15, 0.2) is 36.4 Å². The second-order valence-corrected chi connectivity index (χ2v) is 4.60. The monoisotopic (exact) mass is 203 g/mol. The van der Waals surface area contributed by atoms with Gasteiger partial charge in [0.05, 0.1) is 0 Å². The number of nitrogens with two attached hydrogens (primary N) is 1. The first kappa shape index (κ1) is 9.44. The van der Waals surface area contributed by atoms with Crippen molar-refractivity contribution < 1.29 is 0 Å². The van der Waals surface area contributed by atoms with Crippen LogP contribution in [0.5, 0.6) is 0 Å². The Hall–Kier alpha value is -1.12. The molecule has 0 bridgehead atoms. The van der Waals surface area contributed by atoms with Gasteiger partial charge in [0.25, 0.3) is 0 Å². The van der Waals surface area contributed by atoms with Crippen LogP contribution in [0.3, 0.4) is 0 Å². The predicted octanol–water partition coefficient (Wildman–Crippen LogP) is 3.18. The van der Waals surface area contributed by atoms with E-state index in [1.165, 1.54) is 20.9 Å². The molecule has 0 unspecified atom stereocenters. The summed E-state index contributed by atoms with van der Waals surface area (Å²) >= 11 is 1.78. The normalized spacial score (nSPS) is 10.4. The van der Waals surface area contributed by atoms with Crippen LogP contribution < -0.4 is 5.73 Å². The van der Waals surface area contributed by atoms with Gasteiger partial charge >= 0.3 is 0 Å². The van der Waals surface area contributed by atoms with Gasteiger partial charge in [0, 0.05) is 16.3 Å². The summed E-state index contributed by atoms with van der Waals surface area (Å²) in [7, 11) is 0. The SMILES string of the molecule is Cc1cc(-c2ccccc2)c(CN)s1. The largest absolute Gasteiger partial charge is 0.326 e. The molecule has 14 heavy (non-hydrogen) atoms. The second-order valence-electron chi connectivity index (χ2n) is 3.26. The van der Waals surface area contributed by atoms with Gasteiger partial charge in [-0.25, -0.2) is 0 Å². The van der Waals surface area contributed by atoms with Gasteiger partial charge in [0.15, 0.2) is 0 Å². The van der Waals surface area contributed by atoms with Crippen LogP contribution in [0, 0.1) is 6.92 Å². The smallest absolute Gasteiger partial charge is 0.0280 e. The van der Waals surface area contributed by atoms with Crippen molar-refractivity contribution in [3.05, 3.63) is 46.2 Å². The minimum Gasteiger partial charge on any atom is -0.326 e. The van der Waals surface area contributed by atoms with Crippen LogP contribution in [-0.2, 0) is 6.54 Å². The van der Waals surface area contributed by atoms with Gasteiger partial charge in [-0.2, -0.15) is 0 Å². The van der Waals surface area contributed by atoms with E-state index in [4.69, 9.17) is 5.73 Å². The van der Waals surface area contributed by atoms with E-state index in [1.54, 1.807) is 11.3 Å². The highest BCUT2D eigenvalue weighted by atomic mass is 32.1. The van der Waals surface area contributed by atoms with E-state index in [0.717, 1.165) is 0 Å². The lowest BCUT2D eigenvalue weighted by Gasteiger charge is -2.00. The van der Waals surface area contributed by atoms with Gasteiger partial charge in [-0.05, 0) is 24.1 Å². The molecular formula is C12H13NS. The van der Waals surface area contributed by atoms with Crippen molar-refractivity contribution in [3.8, 4) is 11.1 Å². The number of rotatable bonds is 2. The third-order valence-electron chi connectivity index (χ3n) is 2.20. The number of hydrogen-bond acceptors (Lipinski definition) is 2. The average molecular weight is 203 g/mol. The van der Waals surface area contributed by atoms with Gasteiger partial charge in [0.1, 0.15) is 0 Å². The zero-order chi connectivity index (χ0) is 9.97. The van der Waals surface area contributed by atoms with E-state index in [0.29, 0.717) is 6.54 Å². The maximum atomic E-state index is 5.71. The van der Waals surface area contributed by atoms with Gasteiger partial charge in [-0.3, -0.25) is 0 Å². The van der Waals surface area contributed by atoms with Crippen LogP contribution >= 0.6 is 11.3 Å². The molecule has 0 spiro atoms. The summed E-state index contributed by atoms with van der Waals surface area (Å²) in [4.78, 5) is 2.60. The Labute approximate surface area is 88.2 Å². The zero-order valence-corrected chi connectivity index (χ0v) is 8.97. The molecule has 1 aromatic heterocycles. The van der Waals surface area contributed by atoms with Crippen LogP contribution in [-0.4, -0.2) is 0 Å². The highest BCUT2D eigenvalue weighted by Gasteiger charge is 2.06. The van der Waals surface area contributed by atoms with E-state index >= 15 is 0 Å². The predicted molar refractivity (Wildman–Crippen MR) is 62.4 cm³/mol. The molecule has 0 aliphatic rings. The first-order chi connectivity index (χ1) is 6.81. The van der Waals surface area contributed by atoms with E-state index in [2.05, 4.69) is 37.3 Å². The number of thiophene rings is 1. The Balaban J connectivity index is 2.51. The standard InChI is InChI=1S/C12H13NS/c1-9-7-11(12(8-13)14-9)10-5-3-2-4-6-10/h2-7H,8,13H2,1H3. The molecule has 2 aromatic rings. The van der Waals surface area contributed by atoms with Crippen molar-refractivity contribution in [1.82, 2.24) is 0 Å². The number of aryl methyl sites for hydroxylation is 1. The molecule has 0 radical (unpaired) electrons. The van der Waals surface area contributed by atoms with Crippen LogP contribution in [0.4, 0.5) is 0 Å². The maximum absolute atomic E-state index is 5.71. The van der Waals surface area contributed by atoms with Crippen molar-refractivity contribution in [1.29, 1.82) is 0 Å². The summed E-state index contributed by atoms with van der Waals surface area (Å²) in [5.41, 5.74) is 8.26. The van der Waals surface area contributed by atoms with Crippen LogP contribution in [0.1, 0.15) is 9.75 Å². The second kappa shape index (κ2) is 3.95. The lowest BCUT2D eigenvalue weighted by atomic mass is 10.1. The minimum atomic E-state index is 0.628. The summed E-state index contributed by atoms with van der Waals surface area (Å²) in [5, 5.41) is 0. The third-order valence-corrected chi connectivity index (χ3v) is 3.28. The molecule has 0 atom stereocenters. The molecule has 0 aliphatic carbocycles. The highest BCUT2D eigenvalue weighted by Crippen LogP contribution is 2.30.